The van der Waals surface area contributed by atoms with Crippen molar-refractivity contribution in [3.63, 3.8) is 0 Å². The van der Waals surface area contributed by atoms with Gasteiger partial charge in [0.1, 0.15) is 17.5 Å². The Morgan fingerprint density at radius 3 is 2.33 bits per heavy atom. The van der Waals surface area contributed by atoms with Gasteiger partial charge in [0.15, 0.2) is 0 Å². The van der Waals surface area contributed by atoms with E-state index in [1.165, 1.54) is 30.3 Å². The van der Waals surface area contributed by atoms with E-state index in [9.17, 15) is 13.2 Å². The molecule has 21 heavy (non-hydrogen) atoms. The van der Waals surface area contributed by atoms with Crippen molar-refractivity contribution in [3.8, 4) is 0 Å². The molecule has 0 amide bonds. The highest BCUT2D eigenvalue weighted by molar-refractivity contribution is 6.30. The van der Waals surface area contributed by atoms with Crippen molar-refractivity contribution in [2.24, 2.45) is 0 Å². The second-order valence-corrected chi connectivity index (χ2v) is 5.19. The van der Waals surface area contributed by atoms with Crippen LogP contribution in [0.15, 0.2) is 36.4 Å². The smallest absolute Gasteiger partial charge is 0.126 e. The number of benzene rings is 2. The first kappa shape index (κ1) is 15.9. The number of likely N-dealkylation sites (N-methyl/N-ethyl adjacent to an activating group) is 1. The zero-order valence-corrected chi connectivity index (χ0v) is 12.2. The average molecular weight is 314 g/mol. The molecule has 0 aromatic heterocycles. The molecule has 0 bridgehead atoms. The molecule has 0 spiro atoms. The van der Waals surface area contributed by atoms with Crippen LogP contribution in [0.4, 0.5) is 13.2 Å². The maximum atomic E-state index is 13.8. The first-order chi connectivity index (χ1) is 9.99. The van der Waals surface area contributed by atoms with Crippen molar-refractivity contribution >= 4 is 11.6 Å². The van der Waals surface area contributed by atoms with E-state index in [-0.39, 0.29) is 12.2 Å². The largest absolute Gasteiger partial charge is 0.310 e. The fraction of sp³-hybridized carbons (Fsp3) is 0.250. The number of nitrogens with one attached hydrogen (secondary N) is 1. The van der Waals surface area contributed by atoms with Crippen LogP contribution in [0.25, 0.3) is 0 Å². The van der Waals surface area contributed by atoms with Gasteiger partial charge in [-0.2, -0.15) is 0 Å². The summed E-state index contributed by atoms with van der Waals surface area (Å²) < 4.78 is 40.5. The van der Waals surface area contributed by atoms with Gasteiger partial charge in [-0.3, -0.25) is 0 Å². The summed E-state index contributed by atoms with van der Waals surface area (Å²) in [4.78, 5) is 0. The molecule has 0 saturated heterocycles. The van der Waals surface area contributed by atoms with E-state index in [0.29, 0.717) is 22.7 Å². The van der Waals surface area contributed by atoms with E-state index in [0.717, 1.165) is 6.07 Å². The van der Waals surface area contributed by atoms with E-state index in [4.69, 9.17) is 11.6 Å². The summed E-state index contributed by atoms with van der Waals surface area (Å²) >= 11 is 5.87. The summed E-state index contributed by atoms with van der Waals surface area (Å²) in [6.45, 7) is 2.46. The molecule has 0 saturated carbocycles. The SMILES string of the molecule is CCNC(Cc1cc(Cl)ccc1F)c1cc(F)cc(F)c1. The van der Waals surface area contributed by atoms with Gasteiger partial charge in [0, 0.05) is 17.1 Å². The predicted molar refractivity (Wildman–Crippen MR) is 77.9 cm³/mol. The van der Waals surface area contributed by atoms with E-state index in [1.54, 1.807) is 0 Å². The summed E-state index contributed by atoms with van der Waals surface area (Å²) in [5.41, 5.74) is 0.840. The van der Waals surface area contributed by atoms with Gasteiger partial charge in [0.05, 0.1) is 0 Å². The van der Waals surface area contributed by atoms with E-state index < -0.39 is 17.7 Å². The molecule has 0 aliphatic carbocycles. The highest BCUT2D eigenvalue weighted by Gasteiger charge is 2.16. The summed E-state index contributed by atoms with van der Waals surface area (Å²) in [6.07, 6.45) is 0.253. The first-order valence-electron chi connectivity index (χ1n) is 6.63. The minimum Gasteiger partial charge on any atom is -0.310 e. The lowest BCUT2D eigenvalue weighted by molar-refractivity contribution is 0.515. The Balaban J connectivity index is 2.32. The Morgan fingerprint density at radius 2 is 1.71 bits per heavy atom. The molecule has 2 aromatic carbocycles. The topological polar surface area (TPSA) is 12.0 Å². The fourth-order valence-corrected chi connectivity index (χ4v) is 2.44. The molecule has 0 fully saturated rings. The standard InChI is InChI=1S/C16H15ClF3N/c1-2-21-16(11-6-13(18)9-14(19)7-11)8-10-5-12(17)3-4-15(10)20/h3-7,9,16,21H,2,8H2,1H3. The maximum absolute atomic E-state index is 13.8. The van der Waals surface area contributed by atoms with Crippen molar-refractivity contribution in [2.45, 2.75) is 19.4 Å². The third kappa shape index (κ3) is 4.22. The van der Waals surface area contributed by atoms with E-state index >= 15 is 0 Å². The summed E-state index contributed by atoms with van der Waals surface area (Å²) in [7, 11) is 0. The number of rotatable bonds is 5. The molecule has 5 heteroatoms. The molecule has 2 aromatic rings. The normalized spacial score (nSPS) is 12.4. The average Bonchev–Trinajstić information content (AvgIpc) is 2.41. The molecule has 112 valence electrons. The molecule has 0 aliphatic rings. The van der Waals surface area contributed by atoms with Crippen LogP contribution >= 0.6 is 11.6 Å². The summed E-state index contributed by atoms with van der Waals surface area (Å²) in [6, 6.07) is 7.19. The van der Waals surface area contributed by atoms with Gasteiger partial charge >= 0.3 is 0 Å². The molecule has 0 aliphatic heterocycles. The molecule has 1 nitrogen and oxygen atoms in total. The molecule has 1 N–H and O–H groups in total. The first-order valence-corrected chi connectivity index (χ1v) is 7.00. The Morgan fingerprint density at radius 1 is 1.05 bits per heavy atom. The summed E-state index contributed by atoms with van der Waals surface area (Å²) in [5.74, 6) is -1.70. The minimum atomic E-state index is -0.653. The lowest BCUT2D eigenvalue weighted by atomic mass is 9.98. The zero-order valence-electron chi connectivity index (χ0n) is 11.5. The highest BCUT2D eigenvalue weighted by atomic mass is 35.5. The van der Waals surface area contributed by atoms with E-state index in [1.807, 2.05) is 6.92 Å². The highest BCUT2D eigenvalue weighted by Crippen LogP contribution is 2.24. The van der Waals surface area contributed by atoms with Crippen LogP contribution < -0.4 is 5.32 Å². The molecule has 0 heterocycles. The van der Waals surface area contributed by atoms with Gasteiger partial charge in [-0.1, -0.05) is 18.5 Å². The molecule has 1 unspecified atom stereocenters. The second-order valence-electron chi connectivity index (χ2n) is 4.75. The van der Waals surface area contributed by atoms with Gasteiger partial charge < -0.3 is 5.32 Å². The minimum absolute atomic E-state index is 0.253. The zero-order chi connectivity index (χ0) is 15.4. The molecule has 0 radical (unpaired) electrons. The van der Waals surface area contributed by atoms with Crippen molar-refractivity contribution in [3.05, 3.63) is 70.0 Å². The van der Waals surface area contributed by atoms with Crippen LogP contribution in [0, 0.1) is 17.5 Å². The van der Waals surface area contributed by atoms with Crippen LogP contribution in [0.5, 0.6) is 0 Å². The van der Waals surface area contributed by atoms with Crippen LogP contribution in [0.3, 0.4) is 0 Å². The lowest BCUT2D eigenvalue weighted by Gasteiger charge is -2.19. The Hall–Kier alpha value is -1.52. The number of halogens is 4. The fourth-order valence-electron chi connectivity index (χ4n) is 2.25. The van der Waals surface area contributed by atoms with Crippen molar-refractivity contribution in [2.75, 3.05) is 6.54 Å². The van der Waals surface area contributed by atoms with Gasteiger partial charge in [-0.15, -0.1) is 0 Å². The van der Waals surface area contributed by atoms with E-state index in [2.05, 4.69) is 5.32 Å². The lowest BCUT2D eigenvalue weighted by Crippen LogP contribution is -2.23. The van der Waals surface area contributed by atoms with Crippen LogP contribution in [0.1, 0.15) is 24.1 Å². The van der Waals surface area contributed by atoms with Gasteiger partial charge in [-0.25, -0.2) is 13.2 Å². The molecular formula is C16H15ClF3N. The van der Waals surface area contributed by atoms with Crippen LogP contribution in [-0.4, -0.2) is 6.54 Å². The number of hydrogen-bond acceptors (Lipinski definition) is 1. The van der Waals surface area contributed by atoms with Gasteiger partial charge in [0.25, 0.3) is 0 Å². The second kappa shape index (κ2) is 6.96. The molecule has 1 atom stereocenters. The quantitative estimate of drug-likeness (QED) is 0.847. The van der Waals surface area contributed by atoms with Crippen molar-refractivity contribution in [1.82, 2.24) is 5.32 Å². The third-order valence-corrected chi connectivity index (χ3v) is 3.40. The Bertz CT molecular complexity index is 611. The Kier molecular flexibility index (Phi) is 5.26. The Labute approximate surface area is 126 Å². The predicted octanol–water partition coefficient (Wildman–Crippen LogP) is 4.65. The van der Waals surface area contributed by atoms with Crippen LogP contribution in [0.2, 0.25) is 5.02 Å². The maximum Gasteiger partial charge on any atom is 0.126 e. The summed E-state index contributed by atoms with van der Waals surface area (Å²) in [5, 5.41) is 3.53. The van der Waals surface area contributed by atoms with Crippen molar-refractivity contribution in [1.29, 1.82) is 0 Å². The van der Waals surface area contributed by atoms with Crippen LogP contribution in [-0.2, 0) is 6.42 Å². The monoisotopic (exact) mass is 313 g/mol. The molecule has 2 rings (SSSR count). The number of hydrogen-bond donors (Lipinski definition) is 1. The molecular weight excluding hydrogens is 299 g/mol. The third-order valence-electron chi connectivity index (χ3n) is 3.17. The van der Waals surface area contributed by atoms with Gasteiger partial charge in [-0.05, 0) is 54.4 Å². The van der Waals surface area contributed by atoms with Crippen molar-refractivity contribution < 1.29 is 13.2 Å². The van der Waals surface area contributed by atoms with Gasteiger partial charge in [0.2, 0.25) is 0 Å².